The Morgan fingerprint density at radius 2 is 1.93 bits per heavy atom. The average Bonchev–Trinajstić information content (AvgIpc) is 2.47. The second-order valence-corrected chi connectivity index (χ2v) is 4.24. The minimum absolute atomic E-state index is 0.920. The predicted molar refractivity (Wildman–Crippen MR) is 65.2 cm³/mol. The van der Waals surface area contributed by atoms with E-state index in [-0.39, 0.29) is 0 Å². The van der Waals surface area contributed by atoms with E-state index in [9.17, 15) is 0 Å². The zero-order valence-electron chi connectivity index (χ0n) is 9.89. The molecule has 0 atom stereocenters. The monoisotopic (exact) mass is 202 g/mol. The van der Waals surface area contributed by atoms with Crippen molar-refractivity contribution < 1.29 is 0 Å². The number of benzene rings is 1. The molecule has 1 aromatic heterocycles. The number of hydrogen-bond acceptors (Lipinski definition) is 1. The molecular formula is C13H18N2. The number of fused-ring (bicyclic) bond motifs is 1. The summed E-state index contributed by atoms with van der Waals surface area (Å²) in [5, 5.41) is 4.57. The van der Waals surface area contributed by atoms with E-state index < -0.39 is 0 Å². The Balaban J connectivity index is 2.70. The maximum atomic E-state index is 3.20. The number of rotatable bonds is 2. The van der Waals surface area contributed by atoms with Crippen molar-refractivity contribution in [1.29, 1.82) is 0 Å². The third-order valence-corrected chi connectivity index (χ3v) is 2.97. The second kappa shape index (κ2) is 3.70. The summed E-state index contributed by atoms with van der Waals surface area (Å²) in [5.41, 5.74) is 5.36. The van der Waals surface area contributed by atoms with Crippen LogP contribution in [0.2, 0.25) is 0 Å². The summed E-state index contributed by atoms with van der Waals surface area (Å²) < 4.78 is 2.27. The van der Waals surface area contributed by atoms with Gasteiger partial charge in [-0.2, -0.15) is 0 Å². The minimum atomic E-state index is 0.920. The Labute approximate surface area is 90.9 Å². The van der Waals surface area contributed by atoms with Crippen molar-refractivity contribution in [2.45, 2.75) is 20.4 Å². The molecule has 2 aromatic rings. The van der Waals surface area contributed by atoms with Crippen LogP contribution in [0.4, 0.5) is 0 Å². The van der Waals surface area contributed by atoms with Crippen LogP contribution in [0, 0.1) is 13.8 Å². The van der Waals surface area contributed by atoms with Crippen LogP contribution in [0.15, 0.2) is 18.2 Å². The van der Waals surface area contributed by atoms with Gasteiger partial charge < -0.3 is 9.88 Å². The van der Waals surface area contributed by atoms with Crippen LogP contribution < -0.4 is 5.32 Å². The van der Waals surface area contributed by atoms with Crippen molar-refractivity contribution in [3.8, 4) is 0 Å². The van der Waals surface area contributed by atoms with Gasteiger partial charge in [-0.3, -0.25) is 0 Å². The first-order chi connectivity index (χ1) is 7.13. The molecule has 0 bridgehead atoms. The Morgan fingerprint density at radius 1 is 1.20 bits per heavy atom. The molecule has 0 saturated heterocycles. The van der Waals surface area contributed by atoms with Gasteiger partial charge in [0.15, 0.2) is 0 Å². The molecule has 2 heteroatoms. The third kappa shape index (κ3) is 1.65. The molecule has 0 aliphatic carbocycles. The van der Waals surface area contributed by atoms with Crippen molar-refractivity contribution >= 4 is 10.9 Å². The third-order valence-electron chi connectivity index (χ3n) is 2.97. The summed E-state index contributed by atoms with van der Waals surface area (Å²) in [6.45, 7) is 5.25. The highest BCUT2D eigenvalue weighted by Crippen LogP contribution is 2.23. The lowest BCUT2D eigenvalue weighted by Gasteiger charge is -2.04. The molecule has 15 heavy (non-hydrogen) atoms. The van der Waals surface area contributed by atoms with Crippen LogP contribution in [0.5, 0.6) is 0 Å². The van der Waals surface area contributed by atoms with Crippen LogP contribution in [-0.2, 0) is 13.6 Å². The summed E-state index contributed by atoms with van der Waals surface area (Å²) >= 11 is 0. The van der Waals surface area contributed by atoms with Crippen LogP contribution in [0.25, 0.3) is 10.9 Å². The highest BCUT2D eigenvalue weighted by Gasteiger charge is 2.07. The summed E-state index contributed by atoms with van der Waals surface area (Å²) in [4.78, 5) is 0. The normalized spacial score (nSPS) is 11.2. The van der Waals surface area contributed by atoms with E-state index in [0.29, 0.717) is 0 Å². The van der Waals surface area contributed by atoms with E-state index in [1.54, 1.807) is 0 Å². The van der Waals surface area contributed by atoms with Crippen LogP contribution in [-0.4, -0.2) is 11.6 Å². The maximum Gasteiger partial charge on any atom is 0.0485 e. The number of aromatic nitrogens is 1. The molecule has 1 aromatic carbocycles. The maximum absolute atomic E-state index is 3.20. The first-order valence-electron chi connectivity index (χ1n) is 5.33. The van der Waals surface area contributed by atoms with Crippen molar-refractivity contribution in [3.63, 3.8) is 0 Å². The summed E-state index contributed by atoms with van der Waals surface area (Å²) in [6, 6.07) is 6.77. The van der Waals surface area contributed by atoms with E-state index in [1.165, 1.54) is 27.7 Å². The second-order valence-electron chi connectivity index (χ2n) is 4.24. The standard InChI is InChI=1S/C13H18N2/c1-9-5-10(2)12-7-11(8-14-3)15(4)13(12)6-9/h5-7,14H,8H2,1-4H3. The molecule has 0 unspecified atom stereocenters. The highest BCUT2D eigenvalue weighted by molar-refractivity contribution is 5.85. The zero-order chi connectivity index (χ0) is 11.0. The molecule has 0 radical (unpaired) electrons. The fourth-order valence-corrected chi connectivity index (χ4v) is 2.19. The summed E-state index contributed by atoms with van der Waals surface area (Å²) in [7, 11) is 4.11. The zero-order valence-corrected chi connectivity index (χ0v) is 9.89. The van der Waals surface area contributed by atoms with Crippen molar-refractivity contribution in [1.82, 2.24) is 9.88 Å². The fraction of sp³-hybridized carbons (Fsp3) is 0.385. The van der Waals surface area contributed by atoms with Crippen molar-refractivity contribution in [2.75, 3.05) is 7.05 Å². The first kappa shape index (κ1) is 10.2. The topological polar surface area (TPSA) is 17.0 Å². The van der Waals surface area contributed by atoms with Gasteiger partial charge in [0, 0.05) is 30.2 Å². The van der Waals surface area contributed by atoms with Gasteiger partial charge in [-0.25, -0.2) is 0 Å². The van der Waals surface area contributed by atoms with Gasteiger partial charge in [0.1, 0.15) is 0 Å². The molecule has 0 amide bonds. The molecule has 1 N–H and O–H groups in total. The highest BCUT2D eigenvalue weighted by atomic mass is 15.0. The smallest absolute Gasteiger partial charge is 0.0485 e. The lowest BCUT2D eigenvalue weighted by molar-refractivity contribution is 0.745. The Kier molecular flexibility index (Phi) is 2.53. The number of nitrogens with zero attached hydrogens (tertiary/aromatic N) is 1. The number of aryl methyl sites for hydroxylation is 3. The van der Waals surface area contributed by atoms with Gasteiger partial charge >= 0.3 is 0 Å². The van der Waals surface area contributed by atoms with Gasteiger partial charge in [0.25, 0.3) is 0 Å². The Hall–Kier alpha value is -1.28. The first-order valence-corrected chi connectivity index (χ1v) is 5.33. The van der Waals surface area contributed by atoms with E-state index in [1.807, 2.05) is 7.05 Å². The van der Waals surface area contributed by atoms with E-state index >= 15 is 0 Å². The van der Waals surface area contributed by atoms with Gasteiger partial charge in [-0.05, 0) is 44.2 Å². The minimum Gasteiger partial charge on any atom is -0.346 e. The lowest BCUT2D eigenvalue weighted by Crippen LogP contribution is -2.08. The largest absolute Gasteiger partial charge is 0.346 e. The van der Waals surface area contributed by atoms with Crippen molar-refractivity contribution in [2.24, 2.45) is 7.05 Å². The molecule has 1 heterocycles. The molecule has 0 aliphatic heterocycles. The molecule has 2 nitrogen and oxygen atoms in total. The van der Waals surface area contributed by atoms with Gasteiger partial charge in [-0.1, -0.05) is 6.07 Å². The van der Waals surface area contributed by atoms with E-state index in [0.717, 1.165) is 6.54 Å². The van der Waals surface area contributed by atoms with Gasteiger partial charge in [0.2, 0.25) is 0 Å². The molecule has 80 valence electrons. The Bertz CT molecular complexity index is 495. The van der Waals surface area contributed by atoms with Crippen LogP contribution in [0.3, 0.4) is 0 Å². The van der Waals surface area contributed by atoms with E-state index in [4.69, 9.17) is 0 Å². The molecule has 0 spiro atoms. The Morgan fingerprint density at radius 3 is 2.60 bits per heavy atom. The lowest BCUT2D eigenvalue weighted by atomic mass is 10.1. The molecule has 0 aliphatic rings. The average molecular weight is 202 g/mol. The molecular weight excluding hydrogens is 184 g/mol. The van der Waals surface area contributed by atoms with Crippen LogP contribution in [0.1, 0.15) is 16.8 Å². The van der Waals surface area contributed by atoms with Gasteiger partial charge in [0.05, 0.1) is 0 Å². The molecule has 0 saturated carbocycles. The quantitative estimate of drug-likeness (QED) is 0.791. The number of nitrogens with one attached hydrogen (secondary N) is 1. The summed E-state index contributed by atoms with van der Waals surface area (Å²) in [5.74, 6) is 0. The van der Waals surface area contributed by atoms with Gasteiger partial charge in [-0.15, -0.1) is 0 Å². The summed E-state index contributed by atoms with van der Waals surface area (Å²) in [6.07, 6.45) is 0. The predicted octanol–water partition coefficient (Wildman–Crippen LogP) is 2.51. The molecule has 0 fully saturated rings. The fourth-order valence-electron chi connectivity index (χ4n) is 2.19. The van der Waals surface area contributed by atoms with Crippen molar-refractivity contribution in [3.05, 3.63) is 35.0 Å². The molecule has 2 rings (SSSR count). The number of hydrogen-bond donors (Lipinski definition) is 1. The van der Waals surface area contributed by atoms with E-state index in [2.05, 4.69) is 49.0 Å². The van der Waals surface area contributed by atoms with Crippen LogP contribution >= 0.6 is 0 Å². The SMILES string of the molecule is CNCc1cc2c(C)cc(C)cc2n1C.